The molecule has 0 bridgehead atoms. The molecule has 2 N–H and O–H groups in total. The molecule has 1 aliphatic rings. The first-order valence-corrected chi connectivity index (χ1v) is 10.5. The molecule has 3 aromatic carbocycles. The van der Waals surface area contributed by atoms with Crippen LogP contribution in [0.2, 0.25) is 0 Å². The lowest BCUT2D eigenvalue weighted by atomic mass is 10.0. The molecule has 0 spiro atoms. The van der Waals surface area contributed by atoms with Crippen LogP contribution in [-0.2, 0) is 14.4 Å². The van der Waals surface area contributed by atoms with Gasteiger partial charge in [0.1, 0.15) is 17.2 Å². The Morgan fingerprint density at radius 1 is 0.765 bits per heavy atom. The van der Waals surface area contributed by atoms with Crippen molar-refractivity contribution in [2.75, 3.05) is 29.8 Å². The number of nitrogens with one attached hydrogen (secondary N) is 2. The number of para-hydroxylation sites is 3. The zero-order chi connectivity index (χ0) is 24.2. The minimum Gasteiger partial charge on any atom is -0.496 e. The molecule has 0 aliphatic carbocycles. The number of carbonyl (C=O) groups is 3. The van der Waals surface area contributed by atoms with Gasteiger partial charge < -0.3 is 20.1 Å². The quantitative estimate of drug-likeness (QED) is 0.520. The molecule has 8 nitrogen and oxygen atoms in total. The summed E-state index contributed by atoms with van der Waals surface area (Å²) in [5.74, 6) is -0.367. The molecule has 0 unspecified atom stereocenters. The first kappa shape index (κ1) is 22.6. The van der Waals surface area contributed by atoms with Gasteiger partial charge in [-0.05, 0) is 42.5 Å². The number of rotatable bonds is 7. The third-order valence-corrected chi connectivity index (χ3v) is 5.26. The number of hydrogen-bond donors (Lipinski definition) is 2. The Hall–Kier alpha value is -4.59. The molecular formula is C26H23N3O5. The van der Waals surface area contributed by atoms with Gasteiger partial charge >= 0.3 is 0 Å². The molecule has 3 aromatic rings. The van der Waals surface area contributed by atoms with Crippen molar-refractivity contribution in [3.63, 3.8) is 0 Å². The number of carbonyl (C=O) groups excluding carboxylic acids is 3. The van der Waals surface area contributed by atoms with Crippen molar-refractivity contribution in [2.45, 2.75) is 6.92 Å². The number of hydrogen-bond acceptors (Lipinski definition) is 6. The van der Waals surface area contributed by atoms with Crippen molar-refractivity contribution in [3.8, 4) is 11.5 Å². The fourth-order valence-electron chi connectivity index (χ4n) is 3.76. The van der Waals surface area contributed by atoms with E-state index in [1.54, 1.807) is 72.8 Å². The average Bonchev–Trinajstić information content (AvgIpc) is 3.08. The Balaban J connectivity index is 1.81. The van der Waals surface area contributed by atoms with Crippen LogP contribution in [0, 0.1) is 0 Å². The maximum Gasteiger partial charge on any atom is 0.282 e. The topological polar surface area (TPSA) is 97.0 Å². The zero-order valence-corrected chi connectivity index (χ0v) is 18.9. The molecule has 1 aliphatic heterocycles. The summed E-state index contributed by atoms with van der Waals surface area (Å²) in [4.78, 5) is 39.7. The number of anilines is 3. The van der Waals surface area contributed by atoms with E-state index in [1.165, 1.54) is 21.1 Å². The van der Waals surface area contributed by atoms with E-state index in [1.807, 2.05) is 0 Å². The smallest absolute Gasteiger partial charge is 0.282 e. The van der Waals surface area contributed by atoms with Crippen molar-refractivity contribution >= 4 is 40.4 Å². The lowest BCUT2D eigenvalue weighted by Crippen LogP contribution is -2.32. The molecule has 0 fully saturated rings. The van der Waals surface area contributed by atoms with Crippen LogP contribution in [0.3, 0.4) is 0 Å². The Bertz CT molecular complexity index is 1300. The standard InChI is InChI=1S/C26H23N3O5/c1-16(30)27-17-12-14-18(15-13-17)28-24-23(19-8-4-6-10-21(19)33-2)25(31)29(26(24)32)20-9-5-7-11-22(20)34-3/h4-15,28H,1-3H3,(H,27,30). The summed E-state index contributed by atoms with van der Waals surface area (Å²) in [5.41, 5.74) is 2.29. The van der Waals surface area contributed by atoms with Crippen molar-refractivity contribution < 1.29 is 23.9 Å². The summed E-state index contributed by atoms with van der Waals surface area (Å²) in [6.45, 7) is 1.42. The Labute approximate surface area is 196 Å². The van der Waals surface area contributed by atoms with Crippen LogP contribution in [0.25, 0.3) is 5.57 Å². The molecule has 1 heterocycles. The van der Waals surface area contributed by atoms with Crippen LogP contribution in [0.15, 0.2) is 78.5 Å². The predicted octanol–water partition coefficient (Wildman–Crippen LogP) is 4.06. The summed E-state index contributed by atoms with van der Waals surface area (Å²) in [5, 5.41) is 5.79. The molecule has 0 radical (unpaired) electrons. The number of benzene rings is 3. The Morgan fingerprint density at radius 3 is 2.00 bits per heavy atom. The number of amides is 3. The van der Waals surface area contributed by atoms with Crippen LogP contribution >= 0.6 is 0 Å². The normalized spacial score (nSPS) is 13.2. The molecular weight excluding hydrogens is 434 g/mol. The van der Waals surface area contributed by atoms with E-state index in [2.05, 4.69) is 10.6 Å². The molecule has 0 saturated carbocycles. The molecule has 4 rings (SSSR count). The van der Waals surface area contributed by atoms with Crippen molar-refractivity contribution in [1.82, 2.24) is 0 Å². The van der Waals surface area contributed by atoms with E-state index in [-0.39, 0.29) is 17.2 Å². The van der Waals surface area contributed by atoms with Gasteiger partial charge in [-0.1, -0.05) is 30.3 Å². The molecule has 3 amide bonds. The fourth-order valence-corrected chi connectivity index (χ4v) is 3.76. The molecule has 0 aromatic heterocycles. The van der Waals surface area contributed by atoms with Gasteiger partial charge in [-0.3, -0.25) is 14.4 Å². The molecule has 34 heavy (non-hydrogen) atoms. The zero-order valence-electron chi connectivity index (χ0n) is 18.9. The number of nitrogens with zero attached hydrogens (tertiary/aromatic N) is 1. The maximum absolute atomic E-state index is 13.7. The largest absolute Gasteiger partial charge is 0.496 e. The predicted molar refractivity (Wildman–Crippen MR) is 130 cm³/mol. The van der Waals surface area contributed by atoms with Gasteiger partial charge in [-0.25, -0.2) is 4.90 Å². The summed E-state index contributed by atoms with van der Waals surface area (Å²) in [6.07, 6.45) is 0. The highest BCUT2D eigenvalue weighted by molar-refractivity contribution is 6.46. The minimum absolute atomic E-state index is 0.104. The van der Waals surface area contributed by atoms with Gasteiger partial charge in [0, 0.05) is 23.9 Å². The van der Waals surface area contributed by atoms with E-state index in [0.717, 1.165) is 4.90 Å². The first-order chi connectivity index (χ1) is 16.4. The summed E-state index contributed by atoms with van der Waals surface area (Å²) >= 11 is 0. The molecule has 0 saturated heterocycles. The number of imide groups is 1. The van der Waals surface area contributed by atoms with Crippen molar-refractivity contribution in [2.24, 2.45) is 0 Å². The molecule has 0 atom stereocenters. The minimum atomic E-state index is -0.527. The number of ether oxygens (including phenoxy) is 2. The van der Waals surface area contributed by atoms with Crippen LogP contribution in [0.1, 0.15) is 12.5 Å². The van der Waals surface area contributed by atoms with E-state index in [0.29, 0.717) is 34.1 Å². The van der Waals surface area contributed by atoms with Gasteiger partial charge in [0.05, 0.1) is 25.5 Å². The highest BCUT2D eigenvalue weighted by Gasteiger charge is 2.42. The van der Waals surface area contributed by atoms with Gasteiger partial charge in [-0.15, -0.1) is 0 Å². The lowest BCUT2D eigenvalue weighted by molar-refractivity contribution is -0.120. The first-order valence-electron chi connectivity index (χ1n) is 10.5. The van der Waals surface area contributed by atoms with Crippen molar-refractivity contribution in [1.29, 1.82) is 0 Å². The summed E-state index contributed by atoms with van der Waals surface area (Å²) < 4.78 is 10.9. The molecule has 8 heteroatoms. The fraction of sp³-hybridized carbons (Fsp3) is 0.115. The lowest BCUT2D eigenvalue weighted by Gasteiger charge is -2.18. The summed E-state index contributed by atoms with van der Waals surface area (Å²) in [7, 11) is 2.99. The van der Waals surface area contributed by atoms with E-state index >= 15 is 0 Å². The van der Waals surface area contributed by atoms with Crippen LogP contribution in [0.4, 0.5) is 17.1 Å². The second-order valence-electron chi connectivity index (χ2n) is 7.45. The average molecular weight is 457 g/mol. The second-order valence-corrected chi connectivity index (χ2v) is 7.45. The Kier molecular flexibility index (Phi) is 6.31. The highest BCUT2D eigenvalue weighted by atomic mass is 16.5. The van der Waals surface area contributed by atoms with E-state index < -0.39 is 11.8 Å². The third-order valence-electron chi connectivity index (χ3n) is 5.26. The second kappa shape index (κ2) is 9.50. The summed E-state index contributed by atoms with van der Waals surface area (Å²) in [6, 6.07) is 20.7. The van der Waals surface area contributed by atoms with Crippen LogP contribution in [0.5, 0.6) is 11.5 Å². The third kappa shape index (κ3) is 4.21. The van der Waals surface area contributed by atoms with E-state index in [4.69, 9.17) is 9.47 Å². The van der Waals surface area contributed by atoms with Crippen LogP contribution < -0.4 is 25.0 Å². The highest BCUT2D eigenvalue weighted by Crippen LogP contribution is 2.40. The van der Waals surface area contributed by atoms with E-state index in [9.17, 15) is 14.4 Å². The van der Waals surface area contributed by atoms with Gasteiger partial charge in [0.25, 0.3) is 11.8 Å². The maximum atomic E-state index is 13.7. The van der Waals surface area contributed by atoms with Gasteiger partial charge in [0.15, 0.2) is 0 Å². The monoisotopic (exact) mass is 457 g/mol. The van der Waals surface area contributed by atoms with Crippen molar-refractivity contribution in [3.05, 3.63) is 84.1 Å². The molecule has 172 valence electrons. The SMILES string of the molecule is COc1ccccc1C1=C(Nc2ccc(NC(C)=O)cc2)C(=O)N(c2ccccc2OC)C1=O. The Morgan fingerprint density at radius 2 is 1.35 bits per heavy atom. The van der Waals surface area contributed by atoms with Gasteiger partial charge in [-0.2, -0.15) is 0 Å². The number of methoxy groups -OCH3 is 2. The van der Waals surface area contributed by atoms with Gasteiger partial charge in [0.2, 0.25) is 5.91 Å². The van der Waals surface area contributed by atoms with Crippen LogP contribution in [-0.4, -0.2) is 31.9 Å².